The minimum absolute atomic E-state index is 0.0110. The number of nitrogens with zero attached hydrogens (tertiary/aromatic N) is 1. The van der Waals surface area contributed by atoms with Gasteiger partial charge in [-0.15, -0.1) is 17.9 Å². The van der Waals surface area contributed by atoms with Gasteiger partial charge in [0.25, 0.3) is 5.91 Å². The Morgan fingerprint density at radius 3 is 2.69 bits per heavy atom. The number of thiazole rings is 1. The lowest BCUT2D eigenvalue weighted by Crippen LogP contribution is -2.24. The molecule has 0 radical (unpaired) electrons. The Bertz CT molecular complexity index is 1130. The van der Waals surface area contributed by atoms with Gasteiger partial charge in [0.1, 0.15) is 5.82 Å². The summed E-state index contributed by atoms with van der Waals surface area (Å²) >= 11 is 1.30. The molecule has 0 aliphatic heterocycles. The van der Waals surface area contributed by atoms with Crippen molar-refractivity contribution < 1.29 is 17.6 Å². The molecule has 0 spiro atoms. The number of carbonyl (C=O) groups excluding carboxylic acids is 1. The molecular weight excluding hydrogens is 413 g/mol. The first-order valence-corrected chi connectivity index (χ1v) is 10.9. The Labute approximate surface area is 172 Å². The predicted molar refractivity (Wildman–Crippen MR) is 111 cm³/mol. The van der Waals surface area contributed by atoms with Crippen molar-refractivity contribution in [2.75, 3.05) is 11.9 Å². The quantitative estimate of drug-likeness (QED) is 0.534. The second-order valence-electron chi connectivity index (χ2n) is 6.06. The zero-order valence-corrected chi connectivity index (χ0v) is 16.9. The molecule has 1 heterocycles. The van der Waals surface area contributed by atoms with Gasteiger partial charge in [0.15, 0.2) is 5.13 Å². The van der Waals surface area contributed by atoms with Gasteiger partial charge in [-0.05, 0) is 35.9 Å². The number of anilines is 1. The third-order valence-corrected chi connectivity index (χ3v) is 6.22. The Morgan fingerprint density at radius 1 is 1.21 bits per heavy atom. The smallest absolute Gasteiger partial charge is 0.257 e. The highest BCUT2D eigenvalue weighted by Crippen LogP contribution is 2.22. The molecule has 1 aromatic heterocycles. The van der Waals surface area contributed by atoms with E-state index in [2.05, 4.69) is 21.6 Å². The van der Waals surface area contributed by atoms with Gasteiger partial charge < -0.3 is 0 Å². The maximum Gasteiger partial charge on any atom is 0.257 e. The van der Waals surface area contributed by atoms with E-state index in [-0.39, 0.29) is 22.8 Å². The number of aromatic nitrogens is 1. The molecule has 0 bridgehead atoms. The van der Waals surface area contributed by atoms with Crippen LogP contribution >= 0.6 is 11.3 Å². The summed E-state index contributed by atoms with van der Waals surface area (Å²) in [6.45, 7) is 3.56. The molecular formula is C20H18FN3O3S2. The standard InChI is InChI=1S/C20H18FN3O3S2/c1-2-10-23-29(26,27)18-5-3-4-15(12-18)19(25)24-20-22-13-17(28-20)11-14-6-8-16(21)9-7-14/h2-9,12-13,23H,1,10-11H2,(H,22,24,25). The molecule has 0 aliphatic rings. The Morgan fingerprint density at radius 2 is 1.97 bits per heavy atom. The van der Waals surface area contributed by atoms with Crippen LogP contribution in [0.5, 0.6) is 0 Å². The van der Waals surface area contributed by atoms with Gasteiger partial charge in [-0.1, -0.05) is 24.3 Å². The van der Waals surface area contributed by atoms with Crippen LogP contribution in [-0.4, -0.2) is 25.9 Å². The van der Waals surface area contributed by atoms with E-state index < -0.39 is 15.9 Å². The Balaban J connectivity index is 1.69. The van der Waals surface area contributed by atoms with E-state index in [0.717, 1.165) is 10.4 Å². The fourth-order valence-corrected chi connectivity index (χ4v) is 4.36. The van der Waals surface area contributed by atoms with E-state index in [1.54, 1.807) is 18.3 Å². The van der Waals surface area contributed by atoms with Crippen molar-refractivity contribution in [2.24, 2.45) is 0 Å². The predicted octanol–water partition coefficient (Wildman–Crippen LogP) is 3.59. The molecule has 0 unspecified atom stereocenters. The van der Waals surface area contributed by atoms with Crippen molar-refractivity contribution in [1.29, 1.82) is 0 Å². The summed E-state index contributed by atoms with van der Waals surface area (Å²) in [5.41, 5.74) is 1.12. The monoisotopic (exact) mass is 431 g/mol. The zero-order valence-electron chi connectivity index (χ0n) is 15.3. The number of carbonyl (C=O) groups is 1. The summed E-state index contributed by atoms with van der Waals surface area (Å²) in [5, 5.41) is 3.07. The number of rotatable bonds is 8. The molecule has 9 heteroatoms. The highest BCUT2D eigenvalue weighted by Gasteiger charge is 2.16. The largest absolute Gasteiger partial charge is 0.298 e. The molecule has 3 rings (SSSR count). The second kappa shape index (κ2) is 9.08. The fraction of sp³-hybridized carbons (Fsp3) is 0.100. The van der Waals surface area contributed by atoms with E-state index in [9.17, 15) is 17.6 Å². The lowest BCUT2D eigenvalue weighted by molar-refractivity contribution is 0.102. The summed E-state index contributed by atoms with van der Waals surface area (Å²) in [5.74, 6) is -0.761. The minimum Gasteiger partial charge on any atom is -0.298 e. The lowest BCUT2D eigenvalue weighted by Gasteiger charge is -2.07. The molecule has 6 nitrogen and oxygen atoms in total. The van der Waals surface area contributed by atoms with E-state index >= 15 is 0 Å². The normalized spacial score (nSPS) is 11.2. The average Bonchev–Trinajstić information content (AvgIpc) is 3.15. The maximum absolute atomic E-state index is 13.0. The molecule has 150 valence electrons. The van der Waals surface area contributed by atoms with Crippen LogP contribution in [0.25, 0.3) is 0 Å². The third-order valence-electron chi connectivity index (χ3n) is 3.89. The van der Waals surface area contributed by atoms with Gasteiger partial charge in [-0.2, -0.15) is 0 Å². The number of sulfonamides is 1. The Kier molecular flexibility index (Phi) is 6.53. The van der Waals surface area contributed by atoms with Gasteiger partial charge in [0.05, 0.1) is 4.90 Å². The third kappa shape index (κ3) is 5.57. The zero-order chi connectivity index (χ0) is 20.9. The van der Waals surface area contributed by atoms with Gasteiger partial charge in [-0.25, -0.2) is 22.5 Å². The summed E-state index contributed by atoms with van der Waals surface area (Å²) in [7, 11) is -3.73. The average molecular weight is 432 g/mol. The van der Waals surface area contributed by atoms with E-state index in [0.29, 0.717) is 11.6 Å². The summed E-state index contributed by atoms with van der Waals surface area (Å²) in [4.78, 5) is 17.6. The molecule has 0 atom stereocenters. The summed E-state index contributed by atoms with van der Waals surface area (Å²) < 4.78 is 39.7. The number of hydrogen-bond acceptors (Lipinski definition) is 5. The number of amides is 1. The molecule has 2 aromatic carbocycles. The van der Waals surface area contributed by atoms with Crippen LogP contribution in [0.4, 0.5) is 9.52 Å². The van der Waals surface area contributed by atoms with Crippen LogP contribution in [0.2, 0.25) is 0 Å². The van der Waals surface area contributed by atoms with E-state index in [1.807, 2.05) is 0 Å². The fourth-order valence-electron chi connectivity index (χ4n) is 2.48. The van der Waals surface area contributed by atoms with Crippen molar-refractivity contribution in [3.63, 3.8) is 0 Å². The van der Waals surface area contributed by atoms with Gasteiger partial charge >= 0.3 is 0 Å². The highest BCUT2D eigenvalue weighted by atomic mass is 32.2. The maximum atomic E-state index is 13.0. The van der Waals surface area contributed by atoms with Gasteiger partial charge in [0, 0.05) is 29.6 Å². The number of halogens is 1. The number of hydrogen-bond donors (Lipinski definition) is 2. The van der Waals surface area contributed by atoms with E-state index in [1.165, 1.54) is 53.8 Å². The number of benzene rings is 2. The van der Waals surface area contributed by atoms with Crippen molar-refractivity contribution in [3.8, 4) is 0 Å². The molecule has 29 heavy (non-hydrogen) atoms. The summed E-state index contributed by atoms with van der Waals surface area (Å²) in [6, 6.07) is 11.9. The first-order chi connectivity index (χ1) is 13.9. The number of nitrogens with one attached hydrogen (secondary N) is 2. The van der Waals surface area contributed by atoms with Crippen LogP contribution in [0.15, 0.2) is 72.3 Å². The molecule has 0 saturated heterocycles. The van der Waals surface area contributed by atoms with Crippen LogP contribution in [0, 0.1) is 5.82 Å². The first kappa shape index (κ1) is 20.8. The molecule has 1 amide bonds. The van der Waals surface area contributed by atoms with Crippen LogP contribution in [0.3, 0.4) is 0 Å². The Hall–Kier alpha value is -2.88. The van der Waals surface area contributed by atoms with Gasteiger partial charge in [-0.3, -0.25) is 10.1 Å². The highest BCUT2D eigenvalue weighted by molar-refractivity contribution is 7.89. The van der Waals surface area contributed by atoms with Crippen molar-refractivity contribution in [3.05, 3.63) is 89.2 Å². The van der Waals surface area contributed by atoms with Gasteiger partial charge in [0.2, 0.25) is 10.0 Å². The topological polar surface area (TPSA) is 88.2 Å². The van der Waals surface area contributed by atoms with Crippen molar-refractivity contribution >= 4 is 32.4 Å². The first-order valence-electron chi connectivity index (χ1n) is 8.58. The van der Waals surface area contributed by atoms with Crippen LogP contribution < -0.4 is 10.0 Å². The summed E-state index contributed by atoms with van der Waals surface area (Å²) in [6.07, 6.45) is 3.64. The lowest BCUT2D eigenvalue weighted by atomic mass is 10.1. The second-order valence-corrected chi connectivity index (χ2v) is 8.94. The van der Waals surface area contributed by atoms with Crippen molar-refractivity contribution in [1.82, 2.24) is 9.71 Å². The van der Waals surface area contributed by atoms with Crippen LogP contribution in [0.1, 0.15) is 20.8 Å². The molecule has 0 aliphatic carbocycles. The SMILES string of the molecule is C=CCNS(=O)(=O)c1cccc(C(=O)Nc2ncc(Cc3ccc(F)cc3)s2)c1. The van der Waals surface area contributed by atoms with Crippen LogP contribution in [-0.2, 0) is 16.4 Å². The molecule has 2 N–H and O–H groups in total. The molecule has 0 fully saturated rings. The molecule has 3 aromatic rings. The van der Waals surface area contributed by atoms with Crippen molar-refractivity contribution in [2.45, 2.75) is 11.3 Å². The minimum atomic E-state index is -3.73. The molecule has 0 saturated carbocycles. The van der Waals surface area contributed by atoms with E-state index in [4.69, 9.17) is 0 Å².